The lowest BCUT2D eigenvalue weighted by molar-refractivity contribution is 0.726. The van der Waals surface area contributed by atoms with E-state index in [-0.39, 0.29) is 5.56 Å². The van der Waals surface area contributed by atoms with Gasteiger partial charge in [-0.1, -0.05) is 24.2 Å². The molecule has 1 aliphatic heterocycles. The summed E-state index contributed by atoms with van der Waals surface area (Å²) in [5.74, 6) is 0. The Morgan fingerprint density at radius 3 is 2.67 bits per heavy atom. The van der Waals surface area contributed by atoms with Gasteiger partial charge in [-0.3, -0.25) is 4.79 Å². The Morgan fingerprint density at radius 2 is 1.94 bits per heavy atom. The van der Waals surface area contributed by atoms with Crippen molar-refractivity contribution in [1.29, 1.82) is 0 Å². The lowest BCUT2D eigenvalue weighted by Crippen LogP contribution is -2.24. The molecule has 1 aliphatic rings. The van der Waals surface area contributed by atoms with Crippen LogP contribution >= 0.6 is 11.3 Å². The van der Waals surface area contributed by atoms with Crippen LogP contribution in [-0.2, 0) is 0 Å². The van der Waals surface area contributed by atoms with Crippen LogP contribution in [0.3, 0.4) is 0 Å². The average molecular weight is 264 g/mol. The first-order valence-electron chi connectivity index (χ1n) is 6.36. The van der Waals surface area contributed by atoms with Gasteiger partial charge in [0, 0.05) is 24.8 Å². The molecular formula is C12H16N4OS. The van der Waals surface area contributed by atoms with Crippen LogP contribution in [-0.4, -0.2) is 27.7 Å². The largest absolute Gasteiger partial charge is 0.347 e. The summed E-state index contributed by atoms with van der Waals surface area (Å²) in [5.41, 5.74) is 0.667. The second-order valence-corrected chi connectivity index (χ2v) is 5.65. The van der Waals surface area contributed by atoms with Gasteiger partial charge in [0.2, 0.25) is 10.1 Å². The predicted octanol–water partition coefficient (Wildman–Crippen LogP) is 1.84. The van der Waals surface area contributed by atoms with E-state index in [1.54, 1.807) is 0 Å². The fourth-order valence-corrected chi connectivity index (χ4v) is 3.30. The number of nitrogens with zero attached hydrogens (tertiary/aromatic N) is 4. The van der Waals surface area contributed by atoms with Crippen molar-refractivity contribution in [2.24, 2.45) is 0 Å². The molecule has 2 aromatic rings. The second-order valence-electron chi connectivity index (χ2n) is 4.72. The van der Waals surface area contributed by atoms with Gasteiger partial charge in [-0.15, -0.1) is 5.10 Å². The zero-order valence-corrected chi connectivity index (χ0v) is 11.2. The summed E-state index contributed by atoms with van der Waals surface area (Å²) in [7, 11) is 0. The maximum absolute atomic E-state index is 11.8. The van der Waals surface area contributed by atoms with Gasteiger partial charge in [-0.2, -0.15) is 4.52 Å². The molecule has 0 aliphatic carbocycles. The molecule has 0 unspecified atom stereocenters. The Kier molecular flexibility index (Phi) is 3.03. The van der Waals surface area contributed by atoms with Gasteiger partial charge >= 0.3 is 0 Å². The van der Waals surface area contributed by atoms with E-state index < -0.39 is 0 Å². The Bertz CT molecular complexity index is 610. The summed E-state index contributed by atoms with van der Waals surface area (Å²) in [5, 5.41) is 5.33. The molecule has 0 bridgehead atoms. The Balaban J connectivity index is 2.02. The topological polar surface area (TPSA) is 50.5 Å². The Morgan fingerprint density at radius 1 is 1.22 bits per heavy atom. The highest BCUT2D eigenvalue weighted by Crippen LogP contribution is 2.24. The molecule has 1 fully saturated rings. The Labute approximate surface area is 109 Å². The summed E-state index contributed by atoms with van der Waals surface area (Å²) in [6, 6.07) is 1.53. The van der Waals surface area contributed by atoms with Crippen molar-refractivity contribution in [2.75, 3.05) is 18.0 Å². The molecular weight excluding hydrogens is 248 g/mol. The van der Waals surface area contributed by atoms with Crippen LogP contribution in [0.25, 0.3) is 4.96 Å². The van der Waals surface area contributed by atoms with E-state index in [1.807, 2.05) is 6.92 Å². The molecule has 0 spiro atoms. The number of hydrogen-bond acceptors (Lipinski definition) is 5. The number of rotatable bonds is 1. The fraction of sp³-hybridized carbons (Fsp3) is 0.583. The van der Waals surface area contributed by atoms with Gasteiger partial charge in [0.25, 0.3) is 5.56 Å². The van der Waals surface area contributed by atoms with E-state index >= 15 is 0 Å². The quantitative estimate of drug-likeness (QED) is 0.788. The normalized spacial score (nSPS) is 17.1. The third-order valence-corrected chi connectivity index (χ3v) is 4.21. The minimum atomic E-state index is -0.0881. The van der Waals surface area contributed by atoms with Crippen molar-refractivity contribution in [3.63, 3.8) is 0 Å². The first-order chi connectivity index (χ1) is 8.74. The van der Waals surface area contributed by atoms with Crippen LogP contribution in [0.2, 0.25) is 0 Å². The number of fused-ring (bicyclic) bond motifs is 1. The summed E-state index contributed by atoms with van der Waals surface area (Å²) < 4.78 is 1.41. The zero-order chi connectivity index (χ0) is 12.5. The lowest BCUT2D eigenvalue weighted by Gasteiger charge is -2.17. The van der Waals surface area contributed by atoms with Crippen molar-refractivity contribution in [3.8, 4) is 0 Å². The van der Waals surface area contributed by atoms with Crippen LogP contribution in [0.5, 0.6) is 0 Å². The zero-order valence-electron chi connectivity index (χ0n) is 10.4. The molecule has 2 aromatic heterocycles. The number of aryl methyl sites for hydroxylation is 1. The van der Waals surface area contributed by atoms with Crippen molar-refractivity contribution in [2.45, 2.75) is 32.6 Å². The van der Waals surface area contributed by atoms with Crippen LogP contribution in [0.1, 0.15) is 31.4 Å². The first kappa shape index (κ1) is 11.6. The minimum absolute atomic E-state index is 0.0881. The molecule has 6 heteroatoms. The van der Waals surface area contributed by atoms with Crippen LogP contribution in [0.15, 0.2) is 10.9 Å². The highest BCUT2D eigenvalue weighted by Gasteiger charge is 2.15. The highest BCUT2D eigenvalue weighted by atomic mass is 32.1. The molecule has 3 heterocycles. The number of aromatic nitrogens is 3. The highest BCUT2D eigenvalue weighted by molar-refractivity contribution is 7.20. The molecule has 0 radical (unpaired) electrons. The molecule has 3 rings (SSSR count). The van der Waals surface area contributed by atoms with Gasteiger partial charge in [0.05, 0.1) is 0 Å². The molecule has 0 amide bonds. The molecule has 0 aromatic carbocycles. The first-order valence-corrected chi connectivity index (χ1v) is 7.18. The maximum Gasteiger partial charge on any atom is 0.275 e. The molecule has 0 N–H and O–H groups in total. The van der Waals surface area contributed by atoms with Gasteiger partial charge < -0.3 is 4.90 Å². The van der Waals surface area contributed by atoms with Crippen molar-refractivity contribution >= 4 is 21.4 Å². The minimum Gasteiger partial charge on any atom is -0.347 e. The molecule has 5 nitrogen and oxygen atoms in total. The van der Waals surface area contributed by atoms with Crippen molar-refractivity contribution in [3.05, 3.63) is 22.1 Å². The third kappa shape index (κ3) is 2.12. The van der Waals surface area contributed by atoms with E-state index in [0.29, 0.717) is 4.96 Å². The van der Waals surface area contributed by atoms with Crippen LogP contribution in [0.4, 0.5) is 5.13 Å². The molecule has 96 valence electrons. The van der Waals surface area contributed by atoms with Gasteiger partial charge in [-0.25, -0.2) is 4.98 Å². The molecule has 18 heavy (non-hydrogen) atoms. The standard InChI is InChI=1S/C12H16N4OS/c1-9-8-10(17)16-11(13-9)18-12(14-16)15-6-4-2-3-5-7-15/h8H,2-7H2,1H3. The third-order valence-electron chi connectivity index (χ3n) is 3.24. The maximum atomic E-state index is 11.8. The van der Waals surface area contributed by atoms with Crippen molar-refractivity contribution < 1.29 is 0 Å². The number of hydrogen-bond donors (Lipinski definition) is 0. The Hall–Kier alpha value is -1.43. The van der Waals surface area contributed by atoms with Gasteiger partial charge in [0.15, 0.2) is 0 Å². The summed E-state index contributed by atoms with van der Waals surface area (Å²) in [4.78, 5) is 19.2. The molecule has 1 saturated heterocycles. The van der Waals surface area contributed by atoms with E-state index in [1.165, 1.54) is 47.6 Å². The van der Waals surface area contributed by atoms with E-state index in [2.05, 4.69) is 15.0 Å². The van der Waals surface area contributed by atoms with Gasteiger partial charge in [-0.05, 0) is 19.8 Å². The number of anilines is 1. The summed E-state index contributed by atoms with van der Waals surface area (Å²) in [6.45, 7) is 3.91. The van der Waals surface area contributed by atoms with Crippen LogP contribution < -0.4 is 10.5 Å². The van der Waals surface area contributed by atoms with Gasteiger partial charge in [0.1, 0.15) is 0 Å². The van der Waals surface area contributed by atoms with Crippen molar-refractivity contribution in [1.82, 2.24) is 14.6 Å². The summed E-state index contributed by atoms with van der Waals surface area (Å²) >= 11 is 1.51. The second kappa shape index (κ2) is 4.68. The predicted molar refractivity (Wildman–Crippen MR) is 72.6 cm³/mol. The molecule has 0 atom stereocenters. The SMILES string of the molecule is Cc1cc(=O)n2nc(N3CCCCCC3)sc2n1. The summed E-state index contributed by atoms with van der Waals surface area (Å²) in [6.07, 6.45) is 4.99. The van der Waals surface area contributed by atoms with E-state index in [0.717, 1.165) is 23.9 Å². The van der Waals surface area contributed by atoms with E-state index in [9.17, 15) is 4.79 Å². The van der Waals surface area contributed by atoms with E-state index in [4.69, 9.17) is 0 Å². The molecule has 0 saturated carbocycles. The average Bonchev–Trinajstić information content (AvgIpc) is 2.59. The monoisotopic (exact) mass is 264 g/mol. The lowest BCUT2D eigenvalue weighted by atomic mass is 10.2. The fourth-order valence-electron chi connectivity index (χ4n) is 2.30. The smallest absolute Gasteiger partial charge is 0.275 e. The van der Waals surface area contributed by atoms with Crippen LogP contribution in [0, 0.1) is 6.92 Å².